The summed E-state index contributed by atoms with van der Waals surface area (Å²) in [5.41, 5.74) is 0.612. The van der Waals surface area contributed by atoms with Crippen molar-refractivity contribution in [3.8, 4) is 5.75 Å². The van der Waals surface area contributed by atoms with E-state index in [0.29, 0.717) is 17.4 Å². The number of aldehydes is 1. The molecule has 13 heavy (non-hydrogen) atoms. The summed E-state index contributed by atoms with van der Waals surface area (Å²) >= 11 is 3.36. The second-order valence-electron chi connectivity index (χ2n) is 3.09. The molecule has 0 unspecified atom stereocenters. The molecule has 0 heterocycles. The number of carbonyl (C=O) groups excluding carboxylic acids is 1. The van der Waals surface area contributed by atoms with E-state index in [2.05, 4.69) is 15.9 Å². The van der Waals surface area contributed by atoms with Gasteiger partial charge in [0.05, 0.1) is 16.1 Å². The Labute approximate surface area is 85.0 Å². The van der Waals surface area contributed by atoms with Gasteiger partial charge in [0.1, 0.15) is 5.75 Å². The molecule has 0 saturated heterocycles. The van der Waals surface area contributed by atoms with Crippen LogP contribution in [-0.4, -0.2) is 12.4 Å². The van der Waals surface area contributed by atoms with E-state index in [9.17, 15) is 4.79 Å². The van der Waals surface area contributed by atoms with Gasteiger partial charge < -0.3 is 4.74 Å². The lowest BCUT2D eigenvalue weighted by atomic mass is 10.2. The highest BCUT2D eigenvalue weighted by molar-refractivity contribution is 9.10. The molecule has 1 aliphatic carbocycles. The number of ether oxygens (including phenoxy) is 1. The largest absolute Gasteiger partial charge is 0.488 e. The number of rotatable bonds is 3. The zero-order valence-corrected chi connectivity index (χ0v) is 8.58. The Balaban J connectivity index is 2.32. The van der Waals surface area contributed by atoms with Crippen LogP contribution in [0.2, 0.25) is 0 Å². The fourth-order valence-corrected chi connectivity index (χ4v) is 1.57. The molecule has 3 heteroatoms. The van der Waals surface area contributed by atoms with Crippen molar-refractivity contribution in [3.05, 3.63) is 28.2 Å². The van der Waals surface area contributed by atoms with Crippen LogP contribution >= 0.6 is 15.9 Å². The zero-order chi connectivity index (χ0) is 9.26. The molecule has 1 aromatic carbocycles. The molecule has 0 amide bonds. The Morgan fingerprint density at radius 2 is 2.23 bits per heavy atom. The lowest BCUT2D eigenvalue weighted by molar-refractivity contribution is 0.111. The number of hydrogen-bond acceptors (Lipinski definition) is 2. The van der Waals surface area contributed by atoms with Gasteiger partial charge >= 0.3 is 0 Å². The van der Waals surface area contributed by atoms with E-state index >= 15 is 0 Å². The van der Waals surface area contributed by atoms with E-state index < -0.39 is 0 Å². The number of carbonyl (C=O) groups is 1. The lowest BCUT2D eigenvalue weighted by Gasteiger charge is -2.08. The van der Waals surface area contributed by atoms with Crippen LogP contribution in [0.3, 0.4) is 0 Å². The fourth-order valence-electron chi connectivity index (χ4n) is 1.10. The Morgan fingerprint density at radius 3 is 2.85 bits per heavy atom. The summed E-state index contributed by atoms with van der Waals surface area (Å²) in [5, 5.41) is 0. The van der Waals surface area contributed by atoms with Gasteiger partial charge in [-0.1, -0.05) is 6.07 Å². The first-order chi connectivity index (χ1) is 6.31. The summed E-state index contributed by atoms with van der Waals surface area (Å²) < 4.78 is 6.45. The van der Waals surface area contributed by atoms with Gasteiger partial charge in [0, 0.05) is 0 Å². The van der Waals surface area contributed by atoms with Crippen molar-refractivity contribution in [3.63, 3.8) is 0 Å². The maximum Gasteiger partial charge on any atom is 0.153 e. The third kappa shape index (κ3) is 1.91. The molecule has 0 bridgehead atoms. The first-order valence-corrected chi connectivity index (χ1v) is 5.01. The van der Waals surface area contributed by atoms with Crippen molar-refractivity contribution < 1.29 is 9.53 Å². The molecule has 0 aromatic heterocycles. The summed E-state index contributed by atoms with van der Waals surface area (Å²) in [6.45, 7) is 0. The molecule has 0 atom stereocenters. The highest BCUT2D eigenvalue weighted by atomic mass is 79.9. The van der Waals surface area contributed by atoms with Crippen LogP contribution < -0.4 is 4.74 Å². The van der Waals surface area contributed by atoms with Crippen LogP contribution in [0, 0.1) is 0 Å². The van der Waals surface area contributed by atoms with Crippen LogP contribution in [0.1, 0.15) is 23.2 Å². The first kappa shape index (κ1) is 8.75. The quantitative estimate of drug-likeness (QED) is 0.760. The maximum absolute atomic E-state index is 10.7. The van der Waals surface area contributed by atoms with Crippen molar-refractivity contribution >= 4 is 22.2 Å². The van der Waals surface area contributed by atoms with Gasteiger partial charge in [-0.15, -0.1) is 0 Å². The van der Waals surface area contributed by atoms with Gasteiger partial charge in [-0.25, -0.2) is 0 Å². The van der Waals surface area contributed by atoms with Gasteiger partial charge in [0.15, 0.2) is 6.29 Å². The standard InChI is InChI=1S/C10H9BrO2/c11-9-3-1-2-7(6-12)10(9)13-8-4-5-8/h1-3,6,8H,4-5H2. The van der Waals surface area contributed by atoms with E-state index in [1.54, 1.807) is 6.07 Å². The smallest absolute Gasteiger partial charge is 0.153 e. The monoisotopic (exact) mass is 240 g/mol. The van der Waals surface area contributed by atoms with Gasteiger partial charge in [-0.05, 0) is 40.9 Å². The second-order valence-corrected chi connectivity index (χ2v) is 3.95. The Morgan fingerprint density at radius 1 is 1.46 bits per heavy atom. The lowest BCUT2D eigenvalue weighted by Crippen LogP contribution is -1.99. The van der Waals surface area contributed by atoms with E-state index in [1.807, 2.05) is 12.1 Å². The second kappa shape index (κ2) is 3.50. The minimum Gasteiger partial charge on any atom is -0.488 e. The van der Waals surface area contributed by atoms with E-state index in [4.69, 9.17) is 4.74 Å². The zero-order valence-electron chi connectivity index (χ0n) is 7.00. The average molecular weight is 241 g/mol. The predicted molar refractivity (Wildman–Crippen MR) is 53.2 cm³/mol. The number of benzene rings is 1. The Kier molecular flexibility index (Phi) is 2.36. The van der Waals surface area contributed by atoms with Crippen molar-refractivity contribution in [2.75, 3.05) is 0 Å². The van der Waals surface area contributed by atoms with Crippen LogP contribution in [0.5, 0.6) is 5.75 Å². The summed E-state index contributed by atoms with van der Waals surface area (Å²) in [5.74, 6) is 0.681. The van der Waals surface area contributed by atoms with E-state index in [-0.39, 0.29) is 0 Å². The van der Waals surface area contributed by atoms with Crippen molar-refractivity contribution in [2.45, 2.75) is 18.9 Å². The van der Waals surface area contributed by atoms with Crippen LogP contribution in [0.15, 0.2) is 22.7 Å². The highest BCUT2D eigenvalue weighted by Gasteiger charge is 2.25. The topological polar surface area (TPSA) is 26.3 Å². The van der Waals surface area contributed by atoms with Crippen molar-refractivity contribution in [1.82, 2.24) is 0 Å². The van der Waals surface area contributed by atoms with E-state index in [1.165, 1.54) is 0 Å². The normalized spacial score (nSPS) is 15.5. The van der Waals surface area contributed by atoms with Crippen molar-refractivity contribution in [1.29, 1.82) is 0 Å². The maximum atomic E-state index is 10.7. The number of hydrogen-bond donors (Lipinski definition) is 0. The van der Waals surface area contributed by atoms with E-state index in [0.717, 1.165) is 23.6 Å². The Bertz CT molecular complexity index is 332. The molecular formula is C10H9BrO2. The average Bonchev–Trinajstić information content (AvgIpc) is 2.92. The molecule has 2 nitrogen and oxygen atoms in total. The summed E-state index contributed by atoms with van der Waals surface area (Å²) in [4.78, 5) is 10.7. The highest BCUT2D eigenvalue weighted by Crippen LogP contribution is 2.34. The molecule has 68 valence electrons. The number of para-hydroxylation sites is 1. The summed E-state index contributed by atoms with van der Waals surface area (Å²) in [6, 6.07) is 5.47. The number of halogens is 1. The van der Waals surface area contributed by atoms with Crippen LogP contribution in [-0.2, 0) is 0 Å². The Hall–Kier alpha value is -0.830. The van der Waals surface area contributed by atoms with Crippen LogP contribution in [0.4, 0.5) is 0 Å². The van der Waals surface area contributed by atoms with Gasteiger partial charge in [0.25, 0.3) is 0 Å². The third-order valence-corrected chi connectivity index (χ3v) is 2.56. The molecule has 0 radical (unpaired) electrons. The summed E-state index contributed by atoms with van der Waals surface area (Å²) in [7, 11) is 0. The van der Waals surface area contributed by atoms with Gasteiger partial charge in [-0.2, -0.15) is 0 Å². The summed E-state index contributed by atoms with van der Waals surface area (Å²) in [6.07, 6.45) is 3.33. The SMILES string of the molecule is O=Cc1cccc(Br)c1OC1CC1. The predicted octanol–water partition coefficient (Wildman–Crippen LogP) is 2.80. The molecule has 1 aliphatic rings. The third-order valence-electron chi connectivity index (χ3n) is 1.93. The van der Waals surface area contributed by atoms with Gasteiger partial charge in [-0.3, -0.25) is 4.79 Å². The van der Waals surface area contributed by atoms with Crippen molar-refractivity contribution in [2.24, 2.45) is 0 Å². The molecule has 2 rings (SSSR count). The van der Waals surface area contributed by atoms with Gasteiger partial charge in [0.2, 0.25) is 0 Å². The molecule has 1 saturated carbocycles. The molecule has 1 aromatic rings. The fraction of sp³-hybridized carbons (Fsp3) is 0.300. The van der Waals surface area contributed by atoms with Crippen LogP contribution in [0.25, 0.3) is 0 Å². The minimum absolute atomic E-state index is 0.317. The molecule has 0 N–H and O–H groups in total. The first-order valence-electron chi connectivity index (χ1n) is 4.21. The molecular weight excluding hydrogens is 232 g/mol. The minimum atomic E-state index is 0.317. The molecule has 0 aliphatic heterocycles. The molecule has 1 fully saturated rings. The molecule has 0 spiro atoms.